The number of urea groups is 1. The molecule has 2 amide bonds. The van der Waals surface area contributed by atoms with Crippen molar-refractivity contribution in [1.29, 1.82) is 0 Å². The summed E-state index contributed by atoms with van der Waals surface area (Å²) in [7, 11) is 1.68. The van der Waals surface area contributed by atoms with Crippen molar-refractivity contribution in [2.24, 2.45) is 0 Å². The first-order valence-electron chi connectivity index (χ1n) is 10.9. The van der Waals surface area contributed by atoms with E-state index in [4.69, 9.17) is 9.72 Å². The lowest BCUT2D eigenvalue weighted by molar-refractivity contribution is 0.165. The average Bonchev–Trinajstić information content (AvgIpc) is 3.23. The first kappa shape index (κ1) is 20.9. The minimum Gasteiger partial charge on any atom is -0.497 e. The van der Waals surface area contributed by atoms with Crippen LogP contribution in [-0.4, -0.2) is 59.1 Å². The summed E-state index contributed by atoms with van der Waals surface area (Å²) in [5, 5.41) is 4.18. The van der Waals surface area contributed by atoms with Crippen LogP contribution in [0.2, 0.25) is 0 Å². The third kappa shape index (κ3) is 5.03. The molecule has 30 heavy (non-hydrogen) atoms. The summed E-state index contributed by atoms with van der Waals surface area (Å²) in [4.78, 5) is 21.7. The van der Waals surface area contributed by atoms with Gasteiger partial charge in [0.1, 0.15) is 11.6 Å². The SMILES string of the molecule is COc1cccc(Cc2nsc(N3CCN(C(=O)NC4CCCCC4)[C@H](C)C3)n2)c1. The topological polar surface area (TPSA) is 70.6 Å². The average molecular weight is 430 g/mol. The van der Waals surface area contributed by atoms with E-state index in [1.165, 1.54) is 30.8 Å². The highest BCUT2D eigenvalue weighted by Gasteiger charge is 2.30. The molecule has 1 saturated carbocycles. The molecule has 2 fully saturated rings. The zero-order valence-electron chi connectivity index (χ0n) is 17.8. The maximum absolute atomic E-state index is 12.7. The molecule has 7 nitrogen and oxygen atoms in total. The quantitative estimate of drug-likeness (QED) is 0.785. The summed E-state index contributed by atoms with van der Waals surface area (Å²) in [6, 6.07) is 8.59. The van der Waals surface area contributed by atoms with Gasteiger partial charge in [-0.25, -0.2) is 9.78 Å². The number of anilines is 1. The molecule has 1 aliphatic carbocycles. The molecule has 2 aromatic rings. The molecule has 0 radical (unpaired) electrons. The van der Waals surface area contributed by atoms with E-state index in [0.717, 1.165) is 48.2 Å². The van der Waals surface area contributed by atoms with Crippen LogP contribution in [0.15, 0.2) is 24.3 Å². The summed E-state index contributed by atoms with van der Waals surface area (Å²) in [6.07, 6.45) is 6.66. The standard InChI is InChI=1S/C22H31N5O2S/c1-16-15-26(11-12-27(16)21(28)23-18-8-4-3-5-9-18)22-24-20(25-30-22)14-17-7-6-10-19(13-17)29-2/h6-7,10,13,16,18H,3-5,8-9,11-12,14-15H2,1-2H3,(H,23,28)/t16-/m1/s1. The summed E-state index contributed by atoms with van der Waals surface area (Å²) in [6.45, 7) is 4.40. The van der Waals surface area contributed by atoms with E-state index in [0.29, 0.717) is 19.0 Å². The third-order valence-corrected chi connectivity index (χ3v) is 6.86. The molecule has 1 aromatic carbocycles. The number of aromatic nitrogens is 2. The van der Waals surface area contributed by atoms with Crippen LogP contribution >= 0.6 is 11.5 Å². The highest BCUT2D eigenvalue weighted by atomic mass is 32.1. The summed E-state index contributed by atoms with van der Waals surface area (Å²) in [5.41, 5.74) is 1.14. The number of nitrogens with zero attached hydrogens (tertiary/aromatic N) is 4. The van der Waals surface area contributed by atoms with Crippen molar-refractivity contribution in [1.82, 2.24) is 19.6 Å². The lowest BCUT2D eigenvalue weighted by atomic mass is 9.96. The fraction of sp³-hybridized carbons (Fsp3) is 0.591. The summed E-state index contributed by atoms with van der Waals surface area (Å²) in [5.74, 6) is 1.67. The molecule has 2 aliphatic rings. The van der Waals surface area contributed by atoms with E-state index < -0.39 is 0 Å². The normalized spacial score (nSPS) is 20.3. The second kappa shape index (κ2) is 9.64. The maximum Gasteiger partial charge on any atom is 0.317 e. The Kier molecular flexibility index (Phi) is 6.72. The molecule has 1 aromatic heterocycles. The van der Waals surface area contributed by atoms with E-state index >= 15 is 0 Å². The van der Waals surface area contributed by atoms with Crippen LogP contribution in [0, 0.1) is 0 Å². The fourth-order valence-electron chi connectivity index (χ4n) is 4.35. The lowest BCUT2D eigenvalue weighted by Gasteiger charge is -2.40. The van der Waals surface area contributed by atoms with E-state index in [2.05, 4.69) is 27.6 Å². The number of piperazine rings is 1. The van der Waals surface area contributed by atoms with Gasteiger partial charge in [0, 0.05) is 49.7 Å². The van der Waals surface area contributed by atoms with E-state index in [-0.39, 0.29) is 12.1 Å². The van der Waals surface area contributed by atoms with Crippen LogP contribution in [0.3, 0.4) is 0 Å². The molecular weight excluding hydrogens is 398 g/mol. The molecule has 1 atom stereocenters. The minimum absolute atomic E-state index is 0.0880. The predicted molar refractivity (Wildman–Crippen MR) is 119 cm³/mol. The number of hydrogen-bond acceptors (Lipinski definition) is 6. The van der Waals surface area contributed by atoms with Crippen LogP contribution < -0.4 is 15.0 Å². The monoisotopic (exact) mass is 429 g/mol. The van der Waals surface area contributed by atoms with E-state index in [9.17, 15) is 4.79 Å². The van der Waals surface area contributed by atoms with Gasteiger partial charge in [0.05, 0.1) is 7.11 Å². The molecule has 0 bridgehead atoms. The van der Waals surface area contributed by atoms with Gasteiger partial charge in [-0.1, -0.05) is 31.4 Å². The van der Waals surface area contributed by atoms with E-state index in [1.807, 2.05) is 23.1 Å². The highest BCUT2D eigenvalue weighted by Crippen LogP contribution is 2.24. The molecule has 0 spiro atoms. The van der Waals surface area contributed by atoms with Gasteiger partial charge in [-0.2, -0.15) is 4.37 Å². The third-order valence-electron chi connectivity index (χ3n) is 6.05. The van der Waals surface area contributed by atoms with Crippen molar-refractivity contribution in [2.75, 3.05) is 31.6 Å². The number of rotatable bonds is 5. The number of carbonyl (C=O) groups excluding carboxylic acids is 1. The molecule has 162 valence electrons. The van der Waals surface area contributed by atoms with Crippen LogP contribution in [0.5, 0.6) is 5.75 Å². The van der Waals surface area contributed by atoms with Crippen LogP contribution in [0.1, 0.15) is 50.4 Å². The number of methoxy groups -OCH3 is 1. The van der Waals surface area contributed by atoms with Crippen LogP contribution in [0.4, 0.5) is 9.93 Å². The Morgan fingerprint density at radius 2 is 2.10 bits per heavy atom. The first-order chi connectivity index (χ1) is 14.6. The van der Waals surface area contributed by atoms with E-state index in [1.54, 1.807) is 7.11 Å². The van der Waals surface area contributed by atoms with Gasteiger partial charge >= 0.3 is 6.03 Å². The molecule has 8 heteroatoms. The van der Waals surface area contributed by atoms with Crippen LogP contribution in [0.25, 0.3) is 0 Å². The van der Waals surface area contributed by atoms with Gasteiger partial charge in [0.2, 0.25) is 5.13 Å². The van der Waals surface area contributed by atoms with Crippen molar-refractivity contribution in [3.05, 3.63) is 35.7 Å². The lowest BCUT2D eigenvalue weighted by Crippen LogP contribution is -2.58. The minimum atomic E-state index is 0.0880. The second-order valence-electron chi connectivity index (χ2n) is 8.29. The molecule has 1 aliphatic heterocycles. The number of ether oxygens (including phenoxy) is 1. The number of benzene rings is 1. The van der Waals surface area contributed by atoms with Gasteiger partial charge in [-0.05, 0) is 37.5 Å². The fourth-order valence-corrected chi connectivity index (χ4v) is 5.07. The van der Waals surface area contributed by atoms with Crippen molar-refractivity contribution in [3.8, 4) is 5.75 Å². The maximum atomic E-state index is 12.7. The second-order valence-corrected chi connectivity index (χ2v) is 9.02. The summed E-state index contributed by atoms with van der Waals surface area (Å²) < 4.78 is 9.85. The summed E-state index contributed by atoms with van der Waals surface area (Å²) >= 11 is 1.44. The molecule has 1 N–H and O–H groups in total. The Hall–Kier alpha value is -2.35. The Labute approximate surface area is 182 Å². The first-order valence-corrected chi connectivity index (χ1v) is 11.7. The predicted octanol–water partition coefficient (Wildman–Crippen LogP) is 3.69. The van der Waals surface area contributed by atoms with Gasteiger partial charge in [0.25, 0.3) is 0 Å². The van der Waals surface area contributed by atoms with Gasteiger partial charge < -0.3 is 19.9 Å². The zero-order chi connectivity index (χ0) is 20.9. The van der Waals surface area contributed by atoms with Gasteiger partial charge in [0.15, 0.2) is 0 Å². The van der Waals surface area contributed by atoms with Gasteiger partial charge in [-0.3, -0.25) is 0 Å². The smallest absolute Gasteiger partial charge is 0.317 e. The van der Waals surface area contributed by atoms with Crippen molar-refractivity contribution < 1.29 is 9.53 Å². The Balaban J connectivity index is 1.32. The Morgan fingerprint density at radius 3 is 2.87 bits per heavy atom. The van der Waals surface area contributed by atoms with Crippen LogP contribution in [-0.2, 0) is 6.42 Å². The number of nitrogens with one attached hydrogen (secondary N) is 1. The molecule has 2 heterocycles. The number of amides is 2. The zero-order valence-corrected chi connectivity index (χ0v) is 18.7. The number of hydrogen-bond donors (Lipinski definition) is 1. The Bertz CT molecular complexity index is 852. The van der Waals surface area contributed by atoms with Crippen molar-refractivity contribution in [3.63, 3.8) is 0 Å². The molecule has 1 saturated heterocycles. The molecule has 4 rings (SSSR count). The van der Waals surface area contributed by atoms with Gasteiger partial charge in [-0.15, -0.1) is 0 Å². The van der Waals surface area contributed by atoms with Crippen molar-refractivity contribution >= 4 is 22.7 Å². The van der Waals surface area contributed by atoms with Crippen molar-refractivity contribution in [2.45, 2.75) is 57.5 Å². The largest absolute Gasteiger partial charge is 0.497 e. The molecule has 0 unspecified atom stereocenters. The highest BCUT2D eigenvalue weighted by molar-refractivity contribution is 7.09. The Morgan fingerprint density at radius 1 is 1.27 bits per heavy atom. The molecular formula is C22H31N5O2S. The number of carbonyl (C=O) groups is 1.